The largest absolute Gasteiger partial charge is 0.491 e. The van der Waals surface area contributed by atoms with Gasteiger partial charge in [0.25, 0.3) is 0 Å². The fraction of sp³-hybridized carbons (Fsp3) is 0.324. The third-order valence-corrected chi connectivity index (χ3v) is 9.46. The Balaban J connectivity index is 1.63. The molecular formula is C34H33ClFN7O3. The molecule has 0 radical (unpaired) electrons. The van der Waals surface area contributed by atoms with Crippen molar-refractivity contribution in [1.82, 2.24) is 29.6 Å². The van der Waals surface area contributed by atoms with E-state index >= 15 is 4.39 Å². The van der Waals surface area contributed by atoms with Crippen LogP contribution in [0.4, 0.5) is 10.2 Å². The molecule has 0 spiro atoms. The van der Waals surface area contributed by atoms with Gasteiger partial charge >= 0.3 is 5.69 Å². The van der Waals surface area contributed by atoms with Crippen LogP contribution in [0.15, 0.2) is 48.0 Å². The van der Waals surface area contributed by atoms with Gasteiger partial charge in [0, 0.05) is 48.8 Å². The van der Waals surface area contributed by atoms with E-state index in [1.165, 1.54) is 10.6 Å². The van der Waals surface area contributed by atoms with Crippen LogP contribution in [0.5, 0.6) is 5.75 Å². The Kier molecular flexibility index (Phi) is 7.31. The number of halogens is 2. The monoisotopic (exact) mass is 641 g/mol. The summed E-state index contributed by atoms with van der Waals surface area (Å²) in [5.41, 5.74) is 3.36. The lowest BCUT2D eigenvalue weighted by molar-refractivity contribution is -0.126. The molecule has 1 amide bonds. The molecule has 0 bridgehead atoms. The molecule has 1 fully saturated rings. The van der Waals surface area contributed by atoms with E-state index in [9.17, 15) is 9.59 Å². The van der Waals surface area contributed by atoms with E-state index < -0.39 is 11.5 Å². The van der Waals surface area contributed by atoms with Crippen LogP contribution in [0.3, 0.4) is 0 Å². The van der Waals surface area contributed by atoms with E-state index in [-0.39, 0.29) is 52.1 Å². The van der Waals surface area contributed by atoms with Gasteiger partial charge in [0.2, 0.25) is 5.91 Å². The molecule has 2 aromatic carbocycles. The van der Waals surface area contributed by atoms with Crippen molar-refractivity contribution in [3.05, 3.63) is 81.4 Å². The standard InChI is InChI=1S/C34H33ClFN7O3/c1-6-23(44)41-12-13-42-20(16-41)10-14-46-32-26-31(28(36)25(27(32)35)24-18(4)7-8-22-21(24)15-38-40-22)43(34(45)39-33(26)42)30-19(5)9-11-37-29(30)17(2)3/h6-9,11,15,17,20H,1,10,12-14,16H2,2-5H3,(H,38,40). The number of nitrogens with one attached hydrogen (secondary N) is 1. The zero-order valence-electron chi connectivity index (χ0n) is 26.0. The number of aromatic nitrogens is 5. The number of ether oxygens (including phenoxy) is 1. The molecule has 0 aliphatic carbocycles. The minimum atomic E-state index is -0.680. The maximum atomic E-state index is 17.8. The zero-order chi connectivity index (χ0) is 32.4. The van der Waals surface area contributed by atoms with Gasteiger partial charge < -0.3 is 14.5 Å². The number of fused-ring (bicyclic) bond motifs is 3. The molecule has 12 heteroatoms. The third-order valence-electron chi connectivity index (χ3n) is 9.10. The fourth-order valence-corrected chi connectivity index (χ4v) is 7.21. The Hall–Kier alpha value is -4.77. The van der Waals surface area contributed by atoms with Crippen molar-refractivity contribution in [2.24, 2.45) is 0 Å². The van der Waals surface area contributed by atoms with Crippen LogP contribution in [0.25, 0.3) is 38.6 Å². The van der Waals surface area contributed by atoms with Crippen molar-refractivity contribution >= 4 is 45.1 Å². The summed E-state index contributed by atoms with van der Waals surface area (Å²) in [5, 5.41) is 8.23. The van der Waals surface area contributed by atoms with E-state index in [0.717, 1.165) is 11.1 Å². The number of amides is 1. The van der Waals surface area contributed by atoms with Gasteiger partial charge in [-0.15, -0.1) is 0 Å². The summed E-state index contributed by atoms with van der Waals surface area (Å²) in [4.78, 5) is 39.8. The molecule has 7 rings (SSSR count). The van der Waals surface area contributed by atoms with Gasteiger partial charge in [-0.1, -0.05) is 38.1 Å². The molecule has 1 saturated heterocycles. The van der Waals surface area contributed by atoms with E-state index in [1.807, 2.05) is 44.7 Å². The van der Waals surface area contributed by atoms with Crippen molar-refractivity contribution in [1.29, 1.82) is 0 Å². The SMILES string of the molecule is C=CC(=O)N1CCN2c3nc(=O)n(-c4c(C)ccnc4C(C)C)c4c(F)c(-c5c(C)ccc6[nH]ncc56)c(Cl)c(c34)OCCC2C1. The van der Waals surface area contributed by atoms with E-state index in [2.05, 4.69) is 26.7 Å². The normalized spacial score (nSPS) is 16.4. The average Bonchev–Trinajstić information content (AvgIpc) is 3.51. The molecule has 5 heterocycles. The van der Waals surface area contributed by atoms with Crippen LogP contribution in [-0.2, 0) is 4.79 Å². The molecule has 10 nitrogen and oxygen atoms in total. The number of anilines is 1. The first-order chi connectivity index (χ1) is 22.1. The van der Waals surface area contributed by atoms with E-state index in [1.54, 1.807) is 23.4 Å². The average molecular weight is 642 g/mol. The van der Waals surface area contributed by atoms with Gasteiger partial charge in [-0.25, -0.2) is 9.18 Å². The molecule has 3 aromatic heterocycles. The van der Waals surface area contributed by atoms with Crippen LogP contribution < -0.4 is 15.3 Å². The highest BCUT2D eigenvalue weighted by Crippen LogP contribution is 2.50. The van der Waals surface area contributed by atoms with Crippen LogP contribution in [0.1, 0.15) is 43.0 Å². The smallest absolute Gasteiger partial charge is 0.354 e. The molecule has 2 aliphatic rings. The number of nitrogens with zero attached hydrogens (tertiary/aromatic N) is 6. The molecular weight excluding hydrogens is 609 g/mol. The number of piperazine rings is 1. The number of aromatic amines is 1. The van der Waals surface area contributed by atoms with Crippen molar-refractivity contribution in [2.45, 2.75) is 46.1 Å². The van der Waals surface area contributed by atoms with Crippen LogP contribution in [0, 0.1) is 19.7 Å². The summed E-state index contributed by atoms with van der Waals surface area (Å²) in [5.74, 6) is -0.407. The summed E-state index contributed by atoms with van der Waals surface area (Å²) in [6, 6.07) is 5.32. The predicted molar refractivity (Wildman–Crippen MR) is 177 cm³/mol. The minimum absolute atomic E-state index is 0.00699. The van der Waals surface area contributed by atoms with Gasteiger partial charge in [-0.05, 0) is 49.1 Å². The quantitative estimate of drug-likeness (QED) is 0.246. The number of pyridine rings is 1. The van der Waals surface area contributed by atoms with Crippen molar-refractivity contribution < 1.29 is 13.9 Å². The number of hydrogen-bond donors (Lipinski definition) is 1. The number of carbonyl (C=O) groups excluding carboxylic acids is 1. The molecule has 0 saturated carbocycles. The van der Waals surface area contributed by atoms with Crippen molar-refractivity contribution in [2.75, 3.05) is 31.1 Å². The summed E-state index contributed by atoms with van der Waals surface area (Å²) in [7, 11) is 0. The second-order valence-electron chi connectivity index (χ2n) is 12.2. The lowest BCUT2D eigenvalue weighted by Crippen LogP contribution is -2.56. The van der Waals surface area contributed by atoms with Crippen LogP contribution in [-0.4, -0.2) is 67.8 Å². The van der Waals surface area contributed by atoms with E-state index in [0.29, 0.717) is 59.3 Å². The minimum Gasteiger partial charge on any atom is -0.491 e. The second kappa shape index (κ2) is 11.2. The topological polar surface area (TPSA) is 109 Å². The van der Waals surface area contributed by atoms with Crippen LogP contribution >= 0.6 is 11.6 Å². The first-order valence-electron chi connectivity index (χ1n) is 15.3. The van der Waals surface area contributed by atoms with Gasteiger partial charge in [0.05, 0.1) is 46.2 Å². The zero-order valence-corrected chi connectivity index (χ0v) is 26.8. The number of benzene rings is 2. The lowest BCUT2D eigenvalue weighted by atomic mass is 9.94. The van der Waals surface area contributed by atoms with Gasteiger partial charge in [-0.2, -0.15) is 10.1 Å². The molecule has 2 aliphatic heterocycles. The Morgan fingerprint density at radius 3 is 2.76 bits per heavy atom. The maximum absolute atomic E-state index is 17.8. The summed E-state index contributed by atoms with van der Waals surface area (Å²) in [6.07, 6.45) is 5.14. The number of aryl methyl sites for hydroxylation is 2. The Morgan fingerprint density at radius 1 is 1.20 bits per heavy atom. The molecule has 46 heavy (non-hydrogen) atoms. The lowest BCUT2D eigenvalue weighted by Gasteiger charge is -2.43. The Bertz CT molecular complexity index is 2140. The number of hydrogen-bond acceptors (Lipinski definition) is 7. The van der Waals surface area contributed by atoms with Crippen molar-refractivity contribution in [3.8, 4) is 22.6 Å². The molecule has 1 atom stereocenters. The fourth-order valence-electron chi connectivity index (χ4n) is 6.89. The Morgan fingerprint density at radius 2 is 2.00 bits per heavy atom. The van der Waals surface area contributed by atoms with Crippen LogP contribution in [0.2, 0.25) is 5.02 Å². The molecule has 236 valence electrons. The highest BCUT2D eigenvalue weighted by molar-refractivity contribution is 6.37. The highest BCUT2D eigenvalue weighted by atomic mass is 35.5. The number of H-pyrrole nitrogens is 1. The third kappa shape index (κ3) is 4.47. The van der Waals surface area contributed by atoms with Gasteiger partial charge in [-0.3, -0.25) is 19.4 Å². The first kappa shape index (κ1) is 29.9. The first-order valence-corrected chi connectivity index (χ1v) is 15.7. The van der Waals surface area contributed by atoms with Gasteiger partial charge in [0.1, 0.15) is 11.3 Å². The van der Waals surface area contributed by atoms with E-state index in [4.69, 9.17) is 16.3 Å². The highest BCUT2D eigenvalue weighted by Gasteiger charge is 2.37. The second-order valence-corrected chi connectivity index (χ2v) is 12.6. The Labute approximate surface area is 269 Å². The molecule has 5 aromatic rings. The predicted octanol–water partition coefficient (Wildman–Crippen LogP) is 5.84. The number of carbonyl (C=O) groups is 1. The summed E-state index contributed by atoms with van der Waals surface area (Å²) < 4.78 is 25.5. The van der Waals surface area contributed by atoms with Crippen molar-refractivity contribution in [3.63, 3.8) is 0 Å². The summed E-state index contributed by atoms with van der Waals surface area (Å²) >= 11 is 7.20. The molecule has 1 unspecified atom stereocenters. The summed E-state index contributed by atoms with van der Waals surface area (Å²) in [6.45, 7) is 12.7. The maximum Gasteiger partial charge on any atom is 0.354 e. The number of rotatable bonds is 4. The van der Waals surface area contributed by atoms with Gasteiger partial charge in [0.15, 0.2) is 11.6 Å². The molecule has 1 N–H and O–H groups in total.